The van der Waals surface area contributed by atoms with Gasteiger partial charge in [-0.3, -0.25) is 14.7 Å². The minimum atomic E-state index is -0.850. The molecule has 2 fully saturated rings. The number of piperidine rings is 1. The maximum atomic E-state index is 15.6. The molecule has 2 aliphatic rings. The molecule has 1 amide bonds. The second-order valence-corrected chi connectivity index (χ2v) is 9.72. The number of likely N-dealkylation sites (tertiary alicyclic amines) is 1. The normalized spacial score (nSPS) is 18.8. The minimum absolute atomic E-state index is 0.00399. The van der Waals surface area contributed by atoms with Crippen LogP contribution in [0.2, 0.25) is 0 Å². The van der Waals surface area contributed by atoms with Gasteiger partial charge in [-0.05, 0) is 56.0 Å². The topological polar surface area (TPSA) is 72.0 Å². The van der Waals surface area contributed by atoms with E-state index in [1.165, 1.54) is 6.07 Å². The molecule has 2 aliphatic heterocycles. The third-order valence-corrected chi connectivity index (χ3v) is 7.53. The van der Waals surface area contributed by atoms with Crippen molar-refractivity contribution in [3.05, 3.63) is 66.1 Å². The van der Waals surface area contributed by atoms with E-state index in [-0.39, 0.29) is 19.1 Å². The molecule has 0 radical (unpaired) electrons. The third-order valence-electron chi connectivity index (χ3n) is 7.53. The number of amides is 1. The van der Waals surface area contributed by atoms with Crippen molar-refractivity contribution in [1.82, 2.24) is 14.8 Å². The molecule has 1 atom stereocenters. The molecule has 37 heavy (non-hydrogen) atoms. The summed E-state index contributed by atoms with van der Waals surface area (Å²) in [5, 5.41) is 1.02. The van der Waals surface area contributed by atoms with E-state index in [9.17, 15) is 9.59 Å². The van der Waals surface area contributed by atoms with Crippen LogP contribution in [0.1, 0.15) is 38.3 Å². The van der Waals surface area contributed by atoms with E-state index in [1.807, 2.05) is 53.1 Å². The predicted molar refractivity (Wildman–Crippen MR) is 138 cm³/mol. The average Bonchev–Trinajstić information content (AvgIpc) is 2.92. The highest BCUT2D eigenvalue weighted by molar-refractivity contribution is 5.84. The van der Waals surface area contributed by atoms with Gasteiger partial charge in [-0.1, -0.05) is 30.3 Å². The number of esters is 1. The fourth-order valence-corrected chi connectivity index (χ4v) is 5.44. The van der Waals surface area contributed by atoms with Gasteiger partial charge in [0, 0.05) is 43.3 Å². The number of benzene rings is 2. The molecule has 0 aliphatic carbocycles. The van der Waals surface area contributed by atoms with Gasteiger partial charge >= 0.3 is 5.97 Å². The molecule has 0 N–H and O–H groups in total. The summed E-state index contributed by atoms with van der Waals surface area (Å²) < 4.78 is 27.0. The molecule has 8 heteroatoms. The Morgan fingerprint density at radius 3 is 2.62 bits per heavy atom. The number of hydrogen-bond donors (Lipinski definition) is 0. The van der Waals surface area contributed by atoms with E-state index in [1.54, 1.807) is 19.2 Å². The maximum absolute atomic E-state index is 15.6. The highest BCUT2D eigenvalue weighted by atomic mass is 19.1. The minimum Gasteiger partial charge on any atom is -0.465 e. The number of likely N-dealkylation sites (N-methyl/N-ethyl adjacent to an activating group) is 1. The van der Waals surface area contributed by atoms with Crippen molar-refractivity contribution in [2.24, 2.45) is 0 Å². The van der Waals surface area contributed by atoms with Crippen molar-refractivity contribution < 1.29 is 23.5 Å². The lowest BCUT2D eigenvalue weighted by atomic mass is 9.87. The van der Waals surface area contributed by atoms with Crippen LogP contribution < -0.4 is 0 Å². The van der Waals surface area contributed by atoms with Gasteiger partial charge < -0.3 is 14.4 Å². The summed E-state index contributed by atoms with van der Waals surface area (Å²) in [6.07, 6.45) is 3.03. The van der Waals surface area contributed by atoms with Crippen molar-refractivity contribution in [2.45, 2.75) is 38.3 Å². The average molecular weight is 506 g/mol. The van der Waals surface area contributed by atoms with Crippen molar-refractivity contribution in [2.75, 3.05) is 39.4 Å². The molecular formula is C29H32FN3O4. The Kier molecular flexibility index (Phi) is 7.22. The number of pyridine rings is 1. The number of rotatable bonds is 6. The lowest BCUT2D eigenvalue weighted by Crippen LogP contribution is -2.59. The van der Waals surface area contributed by atoms with E-state index in [0.29, 0.717) is 50.1 Å². The predicted octanol–water partition coefficient (Wildman–Crippen LogP) is 4.36. The molecule has 0 bridgehead atoms. The van der Waals surface area contributed by atoms with Gasteiger partial charge in [0.25, 0.3) is 0 Å². The van der Waals surface area contributed by atoms with E-state index < -0.39 is 23.4 Å². The molecule has 5 rings (SSSR count). The zero-order valence-electron chi connectivity index (χ0n) is 21.3. The Labute approximate surface area is 216 Å². The Balaban J connectivity index is 1.39. The lowest BCUT2D eigenvalue weighted by molar-refractivity contribution is -0.174. The Bertz CT molecular complexity index is 1310. The van der Waals surface area contributed by atoms with Crippen LogP contribution in [0.3, 0.4) is 0 Å². The third kappa shape index (κ3) is 5.08. The van der Waals surface area contributed by atoms with Gasteiger partial charge in [0.15, 0.2) is 0 Å². The first-order valence-electron chi connectivity index (χ1n) is 12.9. The molecule has 1 aromatic heterocycles. The fourth-order valence-electron chi connectivity index (χ4n) is 5.44. The van der Waals surface area contributed by atoms with Crippen molar-refractivity contribution in [1.29, 1.82) is 0 Å². The summed E-state index contributed by atoms with van der Waals surface area (Å²) in [6.45, 7) is 6.26. The number of aromatic nitrogens is 1. The number of nitrogens with zero attached hydrogens (tertiary/aromatic N) is 3. The molecule has 0 saturated carbocycles. The molecule has 2 saturated heterocycles. The first-order chi connectivity index (χ1) is 17.9. The highest BCUT2D eigenvalue weighted by Crippen LogP contribution is 2.36. The maximum Gasteiger partial charge on any atom is 0.328 e. The summed E-state index contributed by atoms with van der Waals surface area (Å²) in [4.78, 5) is 33.4. The second kappa shape index (κ2) is 10.6. The molecule has 1 spiro atoms. The van der Waals surface area contributed by atoms with Gasteiger partial charge in [0.05, 0.1) is 17.7 Å². The number of carbonyl (C=O) groups excluding carboxylic acids is 2. The van der Waals surface area contributed by atoms with Crippen LogP contribution in [-0.2, 0) is 19.1 Å². The number of carbonyl (C=O) groups is 2. The van der Waals surface area contributed by atoms with Crippen LogP contribution in [0, 0.1) is 5.82 Å². The summed E-state index contributed by atoms with van der Waals surface area (Å²) in [5.74, 6) is -0.909. The van der Waals surface area contributed by atoms with E-state index >= 15 is 4.39 Å². The smallest absolute Gasteiger partial charge is 0.328 e. The van der Waals surface area contributed by atoms with Crippen LogP contribution in [0.4, 0.5) is 4.39 Å². The summed E-state index contributed by atoms with van der Waals surface area (Å²) in [7, 11) is 0. The molecule has 1 unspecified atom stereocenters. The number of fused-ring (bicyclic) bond motifs is 1. The number of halogens is 1. The van der Waals surface area contributed by atoms with Gasteiger partial charge in [0.2, 0.25) is 5.91 Å². The molecule has 3 aromatic rings. The molecule has 2 aromatic carbocycles. The number of morpholine rings is 1. The van der Waals surface area contributed by atoms with Gasteiger partial charge in [-0.25, -0.2) is 9.18 Å². The standard InChI is InChI=1S/C29H32FN3O4/c1-3-32-19-29(37-18-26(32)34)11-14-33(15-12-29)27(28(35)36-4-2)23-10-9-21(16-24(23)30)22-8-7-20-6-5-13-31-25(20)17-22/h5-10,13,16-17,27H,3-4,11-12,14-15,18-19H2,1-2H3. The molecule has 3 heterocycles. The van der Waals surface area contributed by atoms with Crippen molar-refractivity contribution >= 4 is 22.8 Å². The number of hydrogen-bond acceptors (Lipinski definition) is 6. The first kappa shape index (κ1) is 25.3. The van der Waals surface area contributed by atoms with Crippen LogP contribution in [0.5, 0.6) is 0 Å². The lowest BCUT2D eigenvalue weighted by Gasteiger charge is -2.48. The van der Waals surface area contributed by atoms with Crippen LogP contribution >= 0.6 is 0 Å². The van der Waals surface area contributed by atoms with Crippen LogP contribution in [0.15, 0.2) is 54.7 Å². The Morgan fingerprint density at radius 1 is 1.14 bits per heavy atom. The largest absolute Gasteiger partial charge is 0.465 e. The Hall–Kier alpha value is -3.36. The van der Waals surface area contributed by atoms with Gasteiger partial charge in [-0.2, -0.15) is 0 Å². The zero-order chi connectivity index (χ0) is 26.0. The van der Waals surface area contributed by atoms with Gasteiger partial charge in [-0.15, -0.1) is 0 Å². The van der Waals surface area contributed by atoms with Crippen molar-refractivity contribution in [3.63, 3.8) is 0 Å². The SMILES string of the molecule is CCOC(=O)C(c1ccc(-c2ccc3cccnc3c2)cc1F)N1CCC2(CC1)CN(CC)C(=O)CO2. The van der Waals surface area contributed by atoms with Gasteiger partial charge in [0.1, 0.15) is 18.5 Å². The molecular weight excluding hydrogens is 473 g/mol. The summed E-state index contributed by atoms with van der Waals surface area (Å²) in [6, 6.07) is 13.9. The van der Waals surface area contributed by atoms with Crippen LogP contribution in [-0.4, -0.2) is 71.7 Å². The fraction of sp³-hybridized carbons (Fsp3) is 0.414. The van der Waals surface area contributed by atoms with Crippen LogP contribution in [0.25, 0.3) is 22.0 Å². The first-order valence-corrected chi connectivity index (χ1v) is 12.9. The summed E-state index contributed by atoms with van der Waals surface area (Å²) >= 11 is 0. The highest BCUT2D eigenvalue weighted by Gasteiger charge is 2.44. The van der Waals surface area contributed by atoms with Crippen molar-refractivity contribution in [3.8, 4) is 11.1 Å². The molecule has 7 nitrogen and oxygen atoms in total. The Morgan fingerprint density at radius 2 is 1.89 bits per heavy atom. The summed E-state index contributed by atoms with van der Waals surface area (Å²) in [5.41, 5.74) is 2.28. The van der Waals surface area contributed by atoms with E-state index in [2.05, 4.69) is 4.98 Å². The monoisotopic (exact) mass is 505 g/mol. The number of ether oxygens (including phenoxy) is 2. The zero-order valence-corrected chi connectivity index (χ0v) is 21.3. The molecule has 194 valence electrons. The quantitative estimate of drug-likeness (QED) is 0.464. The second-order valence-electron chi connectivity index (χ2n) is 9.72. The van der Waals surface area contributed by atoms with E-state index in [0.717, 1.165) is 16.5 Å². The van der Waals surface area contributed by atoms with E-state index in [4.69, 9.17) is 9.47 Å².